The third-order valence-corrected chi connectivity index (χ3v) is 5.30. The van der Waals surface area contributed by atoms with E-state index in [0.717, 1.165) is 6.07 Å². The zero-order valence-electron chi connectivity index (χ0n) is 18.4. The molecule has 0 saturated carbocycles. The molecule has 6 nitrogen and oxygen atoms in total. The molecule has 30 heavy (non-hydrogen) atoms. The number of hydrogen-bond donors (Lipinski definition) is 1. The molecule has 168 valence electrons. The van der Waals surface area contributed by atoms with E-state index in [4.69, 9.17) is 9.47 Å². The standard InChI is InChI=1S/C22H31F2NO5/c1-12(2)14-11-15(23)19(29-6)17(18(14)24)16(20(26)27)13-7-9-25(10-8-13)21(28)30-22(3,4)5/h11-13,16H,7-10H2,1-6H3,(H,26,27). The number of aliphatic carboxylic acids is 1. The van der Waals surface area contributed by atoms with E-state index in [2.05, 4.69) is 0 Å². The molecule has 1 aliphatic heterocycles. The van der Waals surface area contributed by atoms with Gasteiger partial charge in [0.2, 0.25) is 0 Å². The fourth-order valence-electron chi connectivity index (χ4n) is 3.86. The van der Waals surface area contributed by atoms with E-state index < -0.39 is 41.1 Å². The highest BCUT2D eigenvalue weighted by Crippen LogP contribution is 2.42. The minimum Gasteiger partial charge on any atom is -0.493 e. The van der Waals surface area contributed by atoms with Crippen LogP contribution in [0.15, 0.2) is 6.07 Å². The van der Waals surface area contributed by atoms with Crippen LogP contribution in [-0.4, -0.2) is 47.9 Å². The van der Waals surface area contributed by atoms with Crippen molar-refractivity contribution in [2.24, 2.45) is 5.92 Å². The van der Waals surface area contributed by atoms with Crippen molar-refractivity contribution in [3.8, 4) is 5.75 Å². The normalized spacial score (nSPS) is 16.5. The van der Waals surface area contributed by atoms with Crippen LogP contribution < -0.4 is 4.74 Å². The highest BCUT2D eigenvalue weighted by Gasteiger charge is 2.39. The summed E-state index contributed by atoms with van der Waals surface area (Å²) in [5.74, 6) is -5.24. The summed E-state index contributed by atoms with van der Waals surface area (Å²) in [6.07, 6.45) is 0.183. The zero-order valence-corrected chi connectivity index (χ0v) is 18.4. The Labute approximate surface area is 176 Å². The first-order chi connectivity index (χ1) is 13.9. The van der Waals surface area contributed by atoms with Crippen molar-refractivity contribution >= 4 is 12.1 Å². The van der Waals surface area contributed by atoms with Gasteiger partial charge in [-0.15, -0.1) is 0 Å². The van der Waals surface area contributed by atoms with E-state index >= 15 is 4.39 Å². The maximum Gasteiger partial charge on any atom is 0.410 e. The molecule has 1 amide bonds. The van der Waals surface area contributed by atoms with Crippen LogP contribution in [0.1, 0.15) is 70.4 Å². The van der Waals surface area contributed by atoms with Gasteiger partial charge in [0.25, 0.3) is 0 Å². The van der Waals surface area contributed by atoms with Crippen LogP contribution in [0, 0.1) is 17.6 Å². The summed E-state index contributed by atoms with van der Waals surface area (Å²) >= 11 is 0. The van der Waals surface area contributed by atoms with Crippen molar-refractivity contribution in [1.29, 1.82) is 0 Å². The Bertz CT molecular complexity index is 796. The fourth-order valence-corrected chi connectivity index (χ4v) is 3.86. The fraction of sp³-hybridized carbons (Fsp3) is 0.636. The molecule has 2 rings (SSSR count). The molecule has 8 heteroatoms. The lowest BCUT2D eigenvalue weighted by Crippen LogP contribution is -2.43. The van der Waals surface area contributed by atoms with E-state index in [-0.39, 0.29) is 35.9 Å². The largest absolute Gasteiger partial charge is 0.493 e. The monoisotopic (exact) mass is 427 g/mol. The average molecular weight is 427 g/mol. The second-order valence-electron chi connectivity index (χ2n) is 8.98. The third-order valence-electron chi connectivity index (χ3n) is 5.30. The van der Waals surface area contributed by atoms with Gasteiger partial charge in [-0.2, -0.15) is 0 Å². The molecule has 1 N–H and O–H groups in total. The molecule has 0 bridgehead atoms. The SMILES string of the molecule is COc1c(F)cc(C(C)C)c(F)c1C(C(=O)O)C1CCN(C(=O)OC(C)(C)C)CC1. The molecule has 1 unspecified atom stereocenters. The number of likely N-dealkylation sites (tertiary alicyclic amines) is 1. The van der Waals surface area contributed by atoms with Crippen LogP contribution in [-0.2, 0) is 9.53 Å². The summed E-state index contributed by atoms with van der Waals surface area (Å²) in [7, 11) is 1.19. The Balaban J connectivity index is 2.35. The zero-order chi connectivity index (χ0) is 22.8. The van der Waals surface area contributed by atoms with Crippen LogP contribution in [0.4, 0.5) is 13.6 Å². The molecule has 1 aromatic rings. The van der Waals surface area contributed by atoms with Gasteiger partial charge < -0.3 is 19.5 Å². The smallest absolute Gasteiger partial charge is 0.410 e. The first-order valence-electron chi connectivity index (χ1n) is 10.1. The highest BCUT2D eigenvalue weighted by atomic mass is 19.1. The van der Waals surface area contributed by atoms with Crippen LogP contribution in [0.3, 0.4) is 0 Å². The Morgan fingerprint density at radius 1 is 1.20 bits per heavy atom. The van der Waals surface area contributed by atoms with E-state index in [1.165, 1.54) is 12.0 Å². The van der Waals surface area contributed by atoms with Gasteiger partial charge in [-0.3, -0.25) is 4.79 Å². The number of carbonyl (C=O) groups is 2. The number of hydrogen-bond acceptors (Lipinski definition) is 4. The van der Waals surface area contributed by atoms with Crippen LogP contribution in [0.2, 0.25) is 0 Å². The number of carboxylic acids is 1. The first kappa shape index (κ1) is 23.9. The molecule has 0 aromatic heterocycles. The molecule has 1 aliphatic rings. The predicted octanol–water partition coefficient (Wildman–Crippen LogP) is 4.91. The van der Waals surface area contributed by atoms with Gasteiger partial charge in [0.1, 0.15) is 11.4 Å². The Morgan fingerprint density at radius 3 is 2.20 bits per heavy atom. The molecular formula is C22H31F2NO5. The Kier molecular flexibility index (Phi) is 7.31. The quantitative estimate of drug-likeness (QED) is 0.722. The van der Waals surface area contributed by atoms with E-state index in [1.807, 2.05) is 0 Å². The summed E-state index contributed by atoms with van der Waals surface area (Å²) < 4.78 is 40.4. The topological polar surface area (TPSA) is 76.1 Å². The molecule has 1 heterocycles. The van der Waals surface area contributed by atoms with E-state index in [0.29, 0.717) is 12.8 Å². The molecule has 1 atom stereocenters. The van der Waals surface area contributed by atoms with Gasteiger partial charge in [-0.25, -0.2) is 13.6 Å². The number of piperidine rings is 1. The minimum absolute atomic E-state index is 0.112. The number of amides is 1. The highest BCUT2D eigenvalue weighted by molar-refractivity contribution is 5.78. The van der Waals surface area contributed by atoms with Crippen molar-refractivity contribution in [3.05, 3.63) is 28.8 Å². The number of ether oxygens (including phenoxy) is 2. The van der Waals surface area contributed by atoms with Crippen molar-refractivity contribution in [2.75, 3.05) is 20.2 Å². The van der Waals surface area contributed by atoms with Crippen molar-refractivity contribution in [1.82, 2.24) is 4.90 Å². The number of nitrogens with zero attached hydrogens (tertiary/aromatic N) is 1. The van der Waals surface area contributed by atoms with Gasteiger partial charge in [0, 0.05) is 18.7 Å². The van der Waals surface area contributed by atoms with Gasteiger partial charge in [-0.05, 0) is 57.1 Å². The molecule has 1 saturated heterocycles. The third kappa shape index (κ3) is 5.21. The number of rotatable bonds is 5. The minimum atomic E-state index is -1.28. The Morgan fingerprint density at radius 2 is 1.77 bits per heavy atom. The van der Waals surface area contributed by atoms with Gasteiger partial charge in [0.15, 0.2) is 11.6 Å². The van der Waals surface area contributed by atoms with Crippen molar-refractivity contribution in [3.63, 3.8) is 0 Å². The first-order valence-corrected chi connectivity index (χ1v) is 10.1. The van der Waals surface area contributed by atoms with Gasteiger partial charge >= 0.3 is 12.1 Å². The molecule has 0 spiro atoms. The summed E-state index contributed by atoms with van der Waals surface area (Å²) in [6.45, 7) is 9.28. The van der Waals surface area contributed by atoms with Gasteiger partial charge in [-0.1, -0.05) is 13.8 Å². The second-order valence-corrected chi connectivity index (χ2v) is 8.98. The van der Waals surface area contributed by atoms with E-state index in [9.17, 15) is 19.1 Å². The molecular weight excluding hydrogens is 396 g/mol. The predicted molar refractivity (Wildman–Crippen MR) is 108 cm³/mol. The maximum atomic E-state index is 15.3. The van der Waals surface area contributed by atoms with Crippen molar-refractivity contribution in [2.45, 2.75) is 64.9 Å². The molecule has 1 fully saturated rings. The van der Waals surface area contributed by atoms with Crippen molar-refractivity contribution < 1.29 is 33.0 Å². The Hall–Kier alpha value is -2.38. The molecule has 1 aromatic carbocycles. The number of halogens is 2. The lowest BCUT2D eigenvalue weighted by atomic mass is 9.78. The second kappa shape index (κ2) is 9.18. The summed E-state index contributed by atoms with van der Waals surface area (Å²) in [5, 5.41) is 9.92. The average Bonchev–Trinajstić information content (AvgIpc) is 2.63. The maximum absolute atomic E-state index is 15.3. The lowest BCUT2D eigenvalue weighted by Gasteiger charge is -2.36. The van der Waals surface area contributed by atoms with Crippen LogP contribution in [0.5, 0.6) is 5.75 Å². The number of methoxy groups -OCH3 is 1. The molecule has 0 aliphatic carbocycles. The lowest BCUT2D eigenvalue weighted by molar-refractivity contribution is -0.140. The number of benzene rings is 1. The summed E-state index contributed by atoms with van der Waals surface area (Å²) in [6, 6.07) is 1.06. The number of carbonyl (C=O) groups excluding carboxylic acids is 1. The number of carboxylic acid groups (broad SMARTS) is 1. The van der Waals surface area contributed by atoms with E-state index in [1.54, 1.807) is 34.6 Å². The van der Waals surface area contributed by atoms with Gasteiger partial charge in [0.05, 0.1) is 13.0 Å². The summed E-state index contributed by atoms with van der Waals surface area (Å²) in [4.78, 5) is 25.9. The molecule has 0 radical (unpaired) electrons. The summed E-state index contributed by atoms with van der Waals surface area (Å²) in [5.41, 5.74) is -0.784. The van der Waals surface area contributed by atoms with Crippen LogP contribution in [0.25, 0.3) is 0 Å². The van der Waals surface area contributed by atoms with Crippen LogP contribution >= 0.6 is 0 Å².